The van der Waals surface area contributed by atoms with Crippen molar-refractivity contribution in [1.29, 1.82) is 0 Å². The molecule has 12 aromatic rings. The van der Waals surface area contributed by atoms with Crippen molar-refractivity contribution in [2.75, 3.05) is 0 Å². The van der Waals surface area contributed by atoms with E-state index < -0.39 is 0 Å². The summed E-state index contributed by atoms with van der Waals surface area (Å²) in [7, 11) is 2.08. The van der Waals surface area contributed by atoms with Crippen molar-refractivity contribution in [3.8, 4) is 0 Å². The Morgan fingerprint density at radius 1 is 0.364 bits per heavy atom. The number of hydrogen-bond donors (Lipinski definition) is 5. The zero-order valence-corrected chi connectivity index (χ0v) is 40.9. The average Bonchev–Trinajstić information content (AvgIpc) is 4.17. The maximum Gasteiger partial charge on any atom is 0.0486 e. The summed E-state index contributed by atoms with van der Waals surface area (Å²) in [4.78, 5) is 16.3. The number of nitrogens with one attached hydrogen (secondary N) is 5. The minimum Gasteiger partial charge on any atom is -0.361 e. The van der Waals surface area contributed by atoms with Gasteiger partial charge in [0.2, 0.25) is 0 Å². The van der Waals surface area contributed by atoms with Gasteiger partial charge in [0.15, 0.2) is 0 Å². The molecule has 66 heavy (non-hydrogen) atoms. The summed E-state index contributed by atoms with van der Waals surface area (Å²) in [5.41, 5.74) is 22.1. The van der Waals surface area contributed by atoms with Gasteiger partial charge in [-0.2, -0.15) is 0 Å². The highest BCUT2D eigenvalue weighted by Gasteiger charge is 2.03. The molecule has 0 aliphatic rings. The van der Waals surface area contributed by atoms with Crippen LogP contribution in [0, 0.1) is 76.2 Å². The van der Waals surface area contributed by atoms with Gasteiger partial charge in [-0.15, -0.1) is 0 Å². The second-order valence-electron chi connectivity index (χ2n) is 17.8. The predicted octanol–water partition coefficient (Wildman–Crippen LogP) is 16.4. The second-order valence-corrected chi connectivity index (χ2v) is 17.8. The zero-order valence-electron chi connectivity index (χ0n) is 40.9. The quantitative estimate of drug-likeness (QED) is 0.101. The lowest BCUT2D eigenvalue weighted by Crippen LogP contribution is -1.81. The van der Waals surface area contributed by atoms with Crippen molar-refractivity contribution in [2.45, 2.75) is 76.2 Å². The Hall–Kier alpha value is -7.44. The van der Waals surface area contributed by atoms with Crippen LogP contribution in [0.1, 0.15) is 61.3 Å². The maximum absolute atomic E-state index is 3.33. The van der Waals surface area contributed by atoms with Crippen molar-refractivity contribution in [3.63, 3.8) is 0 Å². The standard InChI is InChI=1S/6C10H11N/c1-7-3-4-10-9(5-7)8(2)6-11-10;1-7-3-4-9-8(2)6-11-10(9)5-7;1-7-4-3-5-9-10(7)8(2)6-11-9;1-7-4-3-5-9-8(2)6-11-10(7)9;1-8-7-11(2)10-6-4-3-5-9(8)10;1-7-8(2)11-10-6-4-3-5-9(7)10/h4*3-6,11H,1-2H3;3-7H,1-2H3;3-6,11H,1-2H3. The van der Waals surface area contributed by atoms with Crippen LogP contribution in [0.4, 0.5) is 0 Å². The van der Waals surface area contributed by atoms with Crippen LogP contribution in [0.3, 0.4) is 0 Å². The van der Waals surface area contributed by atoms with Gasteiger partial charge in [0, 0.05) is 109 Å². The van der Waals surface area contributed by atoms with Gasteiger partial charge in [0.05, 0.1) is 0 Å². The first kappa shape index (κ1) is 46.5. The Morgan fingerprint density at radius 2 is 0.924 bits per heavy atom. The Balaban J connectivity index is 0.000000118. The van der Waals surface area contributed by atoms with Crippen LogP contribution in [-0.4, -0.2) is 29.5 Å². The molecule has 0 unspecified atom stereocenters. The molecule has 0 spiro atoms. The van der Waals surface area contributed by atoms with Gasteiger partial charge in [-0.25, -0.2) is 0 Å². The highest BCUT2D eigenvalue weighted by Crippen LogP contribution is 2.23. The first-order chi connectivity index (χ1) is 31.7. The van der Waals surface area contributed by atoms with Crippen LogP contribution in [0.25, 0.3) is 65.4 Å². The minimum absolute atomic E-state index is 1.23. The Labute approximate surface area is 390 Å². The third-order valence-corrected chi connectivity index (χ3v) is 12.6. The van der Waals surface area contributed by atoms with E-state index in [1.54, 1.807) is 0 Å². The molecule has 6 aromatic carbocycles. The van der Waals surface area contributed by atoms with Gasteiger partial charge < -0.3 is 29.5 Å². The van der Waals surface area contributed by atoms with Crippen LogP contribution in [-0.2, 0) is 7.05 Å². The molecule has 6 heteroatoms. The molecular formula is C60H66N6. The number of H-pyrrole nitrogens is 5. The first-order valence-electron chi connectivity index (χ1n) is 22.9. The van der Waals surface area contributed by atoms with Crippen LogP contribution >= 0.6 is 0 Å². The van der Waals surface area contributed by atoms with Gasteiger partial charge in [-0.3, -0.25) is 0 Å². The monoisotopic (exact) mass is 871 g/mol. The van der Waals surface area contributed by atoms with Crippen molar-refractivity contribution >= 4 is 65.4 Å². The predicted molar refractivity (Wildman–Crippen MR) is 287 cm³/mol. The highest BCUT2D eigenvalue weighted by atomic mass is 14.9. The number of fused-ring (bicyclic) bond motifs is 6. The summed E-state index contributed by atoms with van der Waals surface area (Å²) in [6.45, 7) is 23.4. The van der Waals surface area contributed by atoms with Crippen LogP contribution in [0.5, 0.6) is 0 Å². The van der Waals surface area contributed by atoms with Crippen molar-refractivity contribution < 1.29 is 0 Å². The Kier molecular flexibility index (Phi) is 14.5. The topological polar surface area (TPSA) is 83.9 Å². The lowest BCUT2D eigenvalue weighted by molar-refractivity contribution is 0.964. The molecule has 0 amide bonds. The van der Waals surface area contributed by atoms with E-state index in [1.807, 2.05) is 12.4 Å². The van der Waals surface area contributed by atoms with Gasteiger partial charge >= 0.3 is 0 Å². The Morgan fingerprint density at radius 3 is 1.65 bits per heavy atom. The fourth-order valence-electron chi connectivity index (χ4n) is 8.74. The molecule has 0 aliphatic carbocycles. The fraction of sp³-hybridized carbons (Fsp3) is 0.200. The molecule has 12 rings (SSSR count). The second kappa shape index (κ2) is 20.6. The number of rotatable bonds is 0. The van der Waals surface area contributed by atoms with E-state index in [0.717, 1.165) is 0 Å². The number of para-hydroxylation sites is 3. The highest BCUT2D eigenvalue weighted by molar-refractivity contribution is 5.88. The lowest BCUT2D eigenvalue weighted by atomic mass is 10.1. The third kappa shape index (κ3) is 10.6. The molecule has 0 bridgehead atoms. The SMILES string of the molecule is Cc1[nH]c2ccccc2c1C.Cc1c[nH]c2c(C)cccc12.Cc1ccc2[nH]cc(C)c2c1.Cc1ccc2c(C)c[nH]c2c1.Cc1cccc2[nH]cc(C)c12.Cc1cn(C)c2ccccc12. The molecule has 6 heterocycles. The van der Waals surface area contributed by atoms with E-state index in [2.05, 4.69) is 253 Å². The smallest absolute Gasteiger partial charge is 0.0486 e. The lowest BCUT2D eigenvalue weighted by Gasteiger charge is -1.95. The van der Waals surface area contributed by atoms with Gasteiger partial charge in [-0.05, 0) is 163 Å². The molecule has 6 nitrogen and oxygen atoms in total. The Bertz CT molecular complexity index is 3460. The number of hydrogen-bond acceptors (Lipinski definition) is 0. The van der Waals surface area contributed by atoms with E-state index in [-0.39, 0.29) is 0 Å². The number of aromatic amines is 5. The van der Waals surface area contributed by atoms with Crippen LogP contribution < -0.4 is 0 Å². The fourth-order valence-corrected chi connectivity index (χ4v) is 8.74. The van der Waals surface area contributed by atoms with E-state index in [1.165, 1.54) is 127 Å². The molecule has 0 atom stereocenters. The van der Waals surface area contributed by atoms with Gasteiger partial charge in [0.25, 0.3) is 0 Å². The van der Waals surface area contributed by atoms with Crippen molar-refractivity contribution in [3.05, 3.63) is 214 Å². The molecule has 0 aliphatic heterocycles. The largest absolute Gasteiger partial charge is 0.361 e. The molecular weight excluding hydrogens is 805 g/mol. The molecule has 0 saturated carbocycles. The minimum atomic E-state index is 1.23. The molecule has 5 N–H and O–H groups in total. The molecule has 6 aromatic heterocycles. The summed E-state index contributed by atoms with van der Waals surface area (Å²) >= 11 is 0. The van der Waals surface area contributed by atoms with Crippen molar-refractivity contribution in [1.82, 2.24) is 29.5 Å². The molecule has 336 valence electrons. The molecule has 0 fully saturated rings. The maximum atomic E-state index is 3.33. The number of aromatic nitrogens is 6. The summed E-state index contributed by atoms with van der Waals surface area (Å²) in [5, 5.41) is 8.07. The van der Waals surface area contributed by atoms with E-state index in [4.69, 9.17) is 0 Å². The normalized spacial score (nSPS) is 10.7. The van der Waals surface area contributed by atoms with Gasteiger partial charge in [0.1, 0.15) is 0 Å². The number of nitrogens with zero attached hydrogens (tertiary/aromatic N) is 1. The summed E-state index contributed by atoms with van der Waals surface area (Å²) in [5.74, 6) is 0. The van der Waals surface area contributed by atoms with E-state index in [9.17, 15) is 0 Å². The average molecular weight is 871 g/mol. The van der Waals surface area contributed by atoms with Gasteiger partial charge in [-0.1, -0.05) is 90.5 Å². The van der Waals surface area contributed by atoms with E-state index >= 15 is 0 Å². The third-order valence-electron chi connectivity index (χ3n) is 12.6. The first-order valence-corrected chi connectivity index (χ1v) is 22.9. The van der Waals surface area contributed by atoms with E-state index in [0.29, 0.717) is 0 Å². The molecule has 0 saturated heterocycles. The summed E-state index contributed by atoms with van der Waals surface area (Å²) < 4.78 is 2.16. The number of benzene rings is 6. The summed E-state index contributed by atoms with van der Waals surface area (Å²) in [6.07, 6.45) is 10.4. The number of aryl methyl sites for hydroxylation is 12. The van der Waals surface area contributed by atoms with Crippen molar-refractivity contribution in [2.24, 2.45) is 7.05 Å². The zero-order chi connectivity index (χ0) is 47.1. The van der Waals surface area contributed by atoms with Crippen LogP contribution in [0.15, 0.2) is 152 Å². The summed E-state index contributed by atoms with van der Waals surface area (Å²) in [6, 6.07) is 42.4. The van der Waals surface area contributed by atoms with Crippen LogP contribution in [0.2, 0.25) is 0 Å². The molecule has 0 radical (unpaired) electrons.